The van der Waals surface area contributed by atoms with Crippen LogP contribution < -0.4 is 14.8 Å². The summed E-state index contributed by atoms with van der Waals surface area (Å²) in [6.45, 7) is 8.41. The van der Waals surface area contributed by atoms with Crippen molar-refractivity contribution in [1.82, 2.24) is 5.32 Å². The zero-order chi connectivity index (χ0) is 22.6. The molecular formula is C28H36ClNO2. The first-order valence-corrected chi connectivity index (χ1v) is 12.4. The summed E-state index contributed by atoms with van der Waals surface area (Å²) in [5.41, 5.74) is 4.78. The van der Waals surface area contributed by atoms with E-state index in [-0.39, 0.29) is 5.54 Å². The number of hydrogen-bond donors (Lipinski definition) is 1. The van der Waals surface area contributed by atoms with Crippen molar-refractivity contribution < 1.29 is 9.47 Å². The smallest absolute Gasteiger partial charge is 0.180 e. The van der Waals surface area contributed by atoms with E-state index in [4.69, 9.17) is 21.1 Å². The van der Waals surface area contributed by atoms with E-state index in [1.54, 1.807) is 7.11 Å². The summed E-state index contributed by atoms with van der Waals surface area (Å²) in [5.74, 6) is 2.20. The third kappa shape index (κ3) is 4.26. The van der Waals surface area contributed by atoms with Crippen molar-refractivity contribution in [3.8, 4) is 11.5 Å². The number of rotatable bonds is 7. The van der Waals surface area contributed by atoms with Crippen LogP contribution in [0.4, 0.5) is 0 Å². The highest BCUT2D eigenvalue weighted by molar-refractivity contribution is 6.32. The SMILES string of the molecule is COc1cc(CNC23CC4CC(C)(CC(C)(C4)C2)C3)cc(Cl)c1OCc1ccc(C)cc1. The van der Waals surface area contributed by atoms with Gasteiger partial charge in [0.15, 0.2) is 11.5 Å². The molecule has 0 radical (unpaired) electrons. The summed E-state index contributed by atoms with van der Waals surface area (Å²) in [7, 11) is 1.68. The number of benzene rings is 2. The number of nitrogens with one attached hydrogen (secondary N) is 1. The Bertz CT molecular complexity index is 983. The summed E-state index contributed by atoms with van der Waals surface area (Å²) >= 11 is 6.67. The predicted molar refractivity (Wildman–Crippen MR) is 130 cm³/mol. The third-order valence-corrected chi connectivity index (χ3v) is 8.37. The second kappa shape index (κ2) is 7.95. The van der Waals surface area contributed by atoms with Gasteiger partial charge in [-0.3, -0.25) is 0 Å². The van der Waals surface area contributed by atoms with Crippen molar-refractivity contribution in [2.45, 2.75) is 78.0 Å². The number of hydrogen-bond acceptors (Lipinski definition) is 3. The molecule has 2 atom stereocenters. The molecular weight excluding hydrogens is 418 g/mol. The molecule has 4 fully saturated rings. The highest BCUT2D eigenvalue weighted by Crippen LogP contribution is 2.66. The van der Waals surface area contributed by atoms with Crippen molar-refractivity contribution in [2.24, 2.45) is 16.7 Å². The molecule has 0 spiro atoms. The van der Waals surface area contributed by atoms with E-state index >= 15 is 0 Å². The lowest BCUT2D eigenvalue weighted by Gasteiger charge is -2.65. The van der Waals surface area contributed by atoms with Crippen LogP contribution in [0.5, 0.6) is 11.5 Å². The lowest BCUT2D eigenvalue weighted by Crippen LogP contribution is -2.63. The Morgan fingerprint density at radius 3 is 2.28 bits per heavy atom. The molecule has 32 heavy (non-hydrogen) atoms. The summed E-state index contributed by atoms with van der Waals surface area (Å²) in [5, 5.41) is 4.61. The Balaban J connectivity index is 1.30. The molecule has 3 nitrogen and oxygen atoms in total. The van der Waals surface area contributed by atoms with E-state index in [2.05, 4.69) is 56.4 Å². The van der Waals surface area contributed by atoms with E-state index in [1.807, 2.05) is 6.07 Å². The van der Waals surface area contributed by atoms with Crippen LogP contribution >= 0.6 is 11.6 Å². The molecule has 0 aliphatic heterocycles. The third-order valence-electron chi connectivity index (χ3n) is 8.09. The molecule has 6 rings (SSSR count). The molecule has 4 aliphatic rings. The van der Waals surface area contributed by atoms with Gasteiger partial charge in [0.1, 0.15) is 6.61 Å². The molecule has 1 N–H and O–H groups in total. The van der Waals surface area contributed by atoms with Gasteiger partial charge < -0.3 is 14.8 Å². The highest BCUT2D eigenvalue weighted by atomic mass is 35.5. The largest absolute Gasteiger partial charge is 0.493 e. The zero-order valence-corrected chi connectivity index (χ0v) is 20.6. The Kier molecular flexibility index (Phi) is 5.49. The molecule has 0 aromatic heterocycles. The van der Waals surface area contributed by atoms with Gasteiger partial charge in [0, 0.05) is 12.1 Å². The molecule has 2 aromatic rings. The molecule has 0 amide bonds. The molecule has 2 aromatic carbocycles. The fraction of sp³-hybridized carbons (Fsp3) is 0.571. The van der Waals surface area contributed by atoms with Crippen LogP contribution in [0.1, 0.15) is 69.1 Å². The van der Waals surface area contributed by atoms with Crippen LogP contribution in [0.25, 0.3) is 0 Å². The summed E-state index contributed by atoms with van der Waals surface area (Å²) in [6.07, 6.45) is 8.15. The summed E-state index contributed by atoms with van der Waals surface area (Å²) in [6, 6.07) is 12.5. The predicted octanol–water partition coefficient (Wildman–Crippen LogP) is 7.07. The van der Waals surface area contributed by atoms with E-state index in [9.17, 15) is 0 Å². The maximum absolute atomic E-state index is 6.67. The number of ether oxygens (including phenoxy) is 2. The van der Waals surface area contributed by atoms with Crippen LogP contribution in [0.2, 0.25) is 5.02 Å². The normalized spacial score (nSPS) is 32.8. The first-order valence-electron chi connectivity index (χ1n) is 12.0. The van der Waals surface area contributed by atoms with Crippen molar-refractivity contribution in [2.75, 3.05) is 7.11 Å². The van der Waals surface area contributed by atoms with Crippen LogP contribution in [-0.2, 0) is 13.2 Å². The molecule has 172 valence electrons. The first-order chi connectivity index (χ1) is 15.2. The van der Waals surface area contributed by atoms with Crippen LogP contribution in [-0.4, -0.2) is 12.6 Å². The average Bonchev–Trinajstić information content (AvgIpc) is 2.70. The van der Waals surface area contributed by atoms with Gasteiger partial charge in [0.05, 0.1) is 12.1 Å². The van der Waals surface area contributed by atoms with Gasteiger partial charge in [-0.05, 0) is 85.5 Å². The minimum atomic E-state index is 0.267. The lowest BCUT2D eigenvalue weighted by atomic mass is 9.43. The quantitative estimate of drug-likeness (QED) is 0.486. The Morgan fingerprint density at radius 2 is 1.66 bits per heavy atom. The van der Waals surface area contributed by atoms with Gasteiger partial charge in [-0.15, -0.1) is 0 Å². The zero-order valence-electron chi connectivity index (χ0n) is 19.9. The second-order valence-electron chi connectivity index (χ2n) is 11.6. The topological polar surface area (TPSA) is 30.5 Å². The molecule has 0 heterocycles. The molecule has 4 heteroatoms. The van der Waals surface area contributed by atoms with Gasteiger partial charge >= 0.3 is 0 Å². The molecule has 4 bridgehead atoms. The number of methoxy groups -OCH3 is 1. The van der Waals surface area contributed by atoms with Gasteiger partial charge in [0.25, 0.3) is 0 Å². The Labute approximate surface area is 197 Å². The molecule has 4 saturated carbocycles. The molecule has 2 unspecified atom stereocenters. The monoisotopic (exact) mass is 453 g/mol. The van der Waals surface area contributed by atoms with Crippen LogP contribution in [0.3, 0.4) is 0 Å². The van der Waals surface area contributed by atoms with Crippen molar-refractivity contribution in [1.29, 1.82) is 0 Å². The van der Waals surface area contributed by atoms with E-state index < -0.39 is 0 Å². The lowest BCUT2D eigenvalue weighted by molar-refractivity contribution is -0.118. The van der Waals surface area contributed by atoms with Crippen LogP contribution in [0.15, 0.2) is 36.4 Å². The van der Waals surface area contributed by atoms with Gasteiger partial charge in [-0.2, -0.15) is 0 Å². The number of aryl methyl sites for hydroxylation is 1. The maximum atomic E-state index is 6.67. The van der Waals surface area contributed by atoms with Gasteiger partial charge in [-0.25, -0.2) is 0 Å². The Hall–Kier alpha value is -1.71. The van der Waals surface area contributed by atoms with Crippen molar-refractivity contribution in [3.05, 3.63) is 58.1 Å². The average molecular weight is 454 g/mol. The molecule has 0 saturated heterocycles. The van der Waals surface area contributed by atoms with E-state index in [1.165, 1.54) is 44.1 Å². The summed E-state index contributed by atoms with van der Waals surface area (Å²) in [4.78, 5) is 0. The number of halogens is 1. The van der Waals surface area contributed by atoms with Gasteiger partial charge in [-0.1, -0.05) is 55.3 Å². The minimum Gasteiger partial charge on any atom is -0.493 e. The van der Waals surface area contributed by atoms with E-state index in [0.29, 0.717) is 34.0 Å². The standard InChI is InChI=1S/C28H36ClNO2/c1-19-5-7-20(8-6-19)15-32-25-23(29)9-21(10-24(25)31-4)14-30-28-13-22-11-26(2,17-28)16-27(3,12-22)18-28/h5-10,22,30H,11-18H2,1-4H3. The molecule has 4 aliphatic carbocycles. The first kappa shape index (κ1) is 22.1. The minimum absolute atomic E-state index is 0.267. The fourth-order valence-corrected chi connectivity index (χ4v) is 8.08. The fourth-order valence-electron chi connectivity index (χ4n) is 7.79. The summed E-state index contributed by atoms with van der Waals surface area (Å²) < 4.78 is 11.7. The Morgan fingerprint density at radius 1 is 0.969 bits per heavy atom. The maximum Gasteiger partial charge on any atom is 0.180 e. The second-order valence-corrected chi connectivity index (χ2v) is 12.1. The van der Waals surface area contributed by atoms with Crippen LogP contribution in [0, 0.1) is 23.7 Å². The van der Waals surface area contributed by atoms with Crippen molar-refractivity contribution >= 4 is 11.6 Å². The van der Waals surface area contributed by atoms with Crippen molar-refractivity contribution in [3.63, 3.8) is 0 Å². The highest BCUT2D eigenvalue weighted by Gasteiger charge is 2.59. The van der Waals surface area contributed by atoms with E-state index in [0.717, 1.165) is 23.6 Å². The van der Waals surface area contributed by atoms with Gasteiger partial charge in [0.2, 0.25) is 0 Å².